The van der Waals surface area contributed by atoms with E-state index in [0.29, 0.717) is 6.54 Å². The van der Waals surface area contributed by atoms with E-state index in [9.17, 15) is 0 Å². The molecule has 0 aliphatic carbocycles. The number of ether oxygens (including phenoxy) is 1. The highest BCUT2D eigenvalue weighted by atomic mass is 16.5. The number of aromatic nitrogens is 2. The number of nitrogens with zero attached hydrogens (tertiary/aromatic N) is 2. The van der Waals surface area contributed by atoms with Gasteiger partial charge in [-0.25, -0.2) is 4.68 Å². The van der Waals surface area contributed by atoms with Crippen molar-refractivity contribution in [1.82, 2.24) is 9.78 Å². The average Bonchev–Trinajstić information content (AvgIpc) is 2.58. The Labute approximate surface area is 107 Å². The summed E-state index contributed by atoms with van der Waals surface area (Å²) in [6.07, 6.45) is 0. The van der Waals surface area contributed by atoms with E-state index in [0.717, 1.165) is 28.5 Å². The van der Waals surface area contributed by atoms with Crippen LogP contribution in [0.25, 0.3) is 0 Å². The maximum absolute atomic E-state index is 5.98. The standard InChI is InChI=1S/C14H19N3O/c1-9-5-6-10(2)13(7-9)18-14-12(8-15)11(3)16-17(14)4/h5-7H,8,15H2,1-4H3. The van der Waals surface area contributed by atoms with Crippen LogP contribution in [0.5, 0.6) is 11.6 Å². The average molecular weight is 245 g/mol. The smallest absolute Gasteiger partial charge is 0.222 e. The third kappa shape index (κ3) is 2.24. The number of hydrogen-bond acceptors (Lipinski definition) is 3. The fourth-order valence-corrected chi connectivity index (χ4v) is 1.96. The third-order valence-electron chi connectivity index (χ3n) is 3.04. The third-order valence-corrected chi connectivity index (χ3v) is 3.04. The van der Waals surface area contributed by atoms with E-state index < -0.39 is 0 Å². The van der Waals surface area contributed by atoms with Crippen molar-refractivity contribution >= 4 is 0 Å². The van der Waals surface area contributed by atoms with Crippen molar-refractivity contribution in [2.45, 2.75) is 27.3 Å². The maximum atomic E-state index is 5.98. The summed E-state index contributed by atoms with van der Waals surface area (Å²) in [6.45, 7) is 6.45. The topological polar surface area (TPSA) is 53.1 Å². The van der Waals surface area contributed by atoms with Crippen molar-refractivity contribution in [3.05, 3.63) is 40.6 Å². The second-order valence-electron chi connectivity index (χ2n) is 4.57. The van der Waals surface area contributed by atoms with Gasteiger partial charge in [0.1, 0.15) is 5.75 Å². The molecule has 0 fully saturated rings. The molecule has 4 heteroatoms. The monoisotopic (exact) mass is 245 g/mol. The van der Waals surface area contributed by atoms with Gasteiger partial charge in [-0.3, -0.25) is 0 Å². The van der Waals surface area contributed by atoms with Crippen LogP contribution in [0.2, 0.25) is 0 Å². The summed E-state index contributed by atoms with van der Waals surface area (Å²) in [6, 6.07) is 6.15. The van der Waals surface area contributed by atoms with Crippen LogP contribution in [-0.4, -0.2) is 9.78 Å². The molecular formula is C14H19N3O. The molecule has 96 valence electrons. The molecule has 2 aromatic rings. The summed E-state index contributed by atoms with van der Waals surface area (Å²) in [5, 5.41) is 4.34. The second-order valence-corrected chi connectivity index (χ2v) is 4.57. The minimum atomic E-state index is 0.430. The quantitative estimate of drug-likeness (QED) is 0.904. The Morgan fingerprint density at radius 3 is 2.67 bits per heavy atom. The van der Waals surface area contributed by atoms with Gasteiger partial charge in [-0.1, -0.05) is 12.1 Å². The van der Waals surface area contributed by atoms with Crippen LogP contribution in [0.4, 0.5) is 0 Å². The molecule has 0 amide bonds. The van der Waals surface area contributed by atoms with Crippen LogP contribution >= 0.6 is 0 Å². The first-order chi connectivity index (χ1) is 8.52. The summed E-state index contributed by atoms with van der Waals surface area (Å²) >= 11 is 0. The highest BCUT2D eigenvalue weighted by molar-refractivity contribution is 5.41. The van der Waals surface area contributed by atoms with Gasteiger partial charge in [-0.15, -0.1) is 0 Å². The number of rotatable bonds is 3. The van der Waals surface area contributed by atoms with Gasteiger partial charge in [-0.2, -0.15) is 5.10 Å². The van der Waals surface area contributed by atoms with Crippen LogP contribution in [-0.2, 0) is 13.6 Å². The Kier molecular flexibility index (Phi) is 3.39. The first-order valence-corrected chi connectivity index (χ1v) is 6.00. The lowest BCUT2D eigenvalue weighted by Gasteiger charge is -2.11. The maximum Gasteiger partial charge on any atom is 0.222 e. The largest absolute Gasteiger partial charge is 0.439 e. The number of hydrogen-bond donors (Lipinski definition) is 1. The molecule has 0 aliphatic heterocycles. The zero-order valence-electron chi connectivity index (χ0n) is 11.3. The molecule has 2 N–H and O–H groups in total. The van der Waals surface area contributed by atoms with Gasteiger partial charge >= 0.3 is 0 Å². The molecule has 0 bridgehead atoms. The van der Waals surface area contributed by atoms with Gasteiger partial charge < -0.3 is 10.5 Å². The normalized spacial score (nSPS) is 10.7. The molecule has 2 rings (SSSR count). The SMILES string of the molecule is Cc1ccc(C)c(Oc2c(CN)c(C)nn2C)c1. The van der Waals surface area contributed by atoms with Crippen LogP contribution in [0, 0.1) is 20.8 Å². The van der Waals surface area contributed by atoms with E-state index in [-0.39, 0.29) is 0 Å². The first-order valence-electron chi connectivity index (χ1n) is 6.00. The lowest BCUT2D eigenvalue weighted by atomic mass is 10.1. The fraction of sp³-hybridized carbons (Fsp3) is 0.357. The predicted molar refractivity (Wildman–Crippen MR) is 71.8 cm³/mol. The van der Waals surface area contributed by atoms with Gasteiger partial charge in [0, 0.05) is 13.6 Å². The van der Waals surface area contributed by atoms with Gasteiger partial charge in [0.05, 0.1) is 11.3 Å². The van der Waals surface area contributed by atoms with E-state index in [2.05, 4.69) is 17.2 Å². The molecule has 1 aromatic heterocycles. The number of nitrogens with two attached hydrogens (primary N) is 1. The lowest BCUT2D eigenvalue weighted by Crippen LogP contribution is -2.02. The molecule has 0 saturated carbocycles. The minimum absolute atomic E-state index is 0.430. The molecule has 0 atom stereocenters. The van der Waals surface area contributed by atoms with E-state index in [4.69, 9.17) is 10.5 Å². The molecule has 0 saturated heterocycles. The Bertz CT molecular complexity index is 573. The van der Waals surface area contributed by atoms with Crippen molar-refractivity contribution in [2.75, 3.05) is 0 Å². The van der Waals surface area contributed by atoms with Crippen molar-refractivity contribution in [3.63, 3.8) is 0 Å². The Hall–Kier alpha value is -1.81. The highest BCUT2D eigenvalue weighted by Gasteiger charge is 2.14. The summed E-state index contributed by atoms with van der Waals surface area (Å²) < 4.78 is 7.72. The molecule has 1 heterocycles. The van der Waals surface area contributed by atoms with Crippen molar-refractivity contribution < 1.29 is 4.74 Å². The number of aryl methyl sites for hydroxylation is 4. The van der Waals surface area contributed by atoms with Gasteiger partial charge in [-0.05, 0) is 38.0 Å². The van der Waals surface area contributed by atoms with E-state index in [1.54, 1.807) is 4.68 Å². The predicted octanol–water partition coefficient (Wildman–Crippen LogP) is 2.60. The first kappa shape index (κ1) is 12.6. The van der Waals surface area contributed by atoms with Crippen LogP contribution in [0.1, 0.15) is 22.4 Å². The number of benzene rings is 1. The Morgan fingerprint density at radius 2 is 2.00 bits per heavy atom. The molecule has 0 radical (unpaired) electrons. The van der Waals surface area contributed by atoms with Gasteiger partial charge in [0.25, 0.3) is 0 Å². The molecule has 4 nitrogen and oxygen atoms in total. The van der Waals surface area contributed by atoms with Crippen LogP contribution in [0.15, 0.2) is 18.2 Å². The summed E-state index contributed by atoms with van der Waals surface area (Å²) in [7, 11) is 1.87. The van der Waals surface area contributed by atoms with E-state index in [1.807, 2.05) is 33.9 Å². The zero-order valence-corrected chi connectivity index (χ0v) is 11.3. The second kappa shape index (κ2) is 4.82. The van der Waals surface area contributed by atoms with Crippen molar-refractivity contribution in [3.8, 4) is 11.6 Å². The van der Waals surface area contributed by atoms with Crippen molar-refractivity contribution in [1.29, 1.82) is 0 Å². The molecule has 1 aromatic carbocycles. The summed E-state index contributed by atoms with van der Waals surface area (Å²) in [4.78, 5) is 0. The minimum Gasteiger partial charge on any atom is -0.439 e. The molecular weight excluding hydrogens is 226 g/mol. The van der Waals surface area contributed by atoms with Crippen molar-refractivity contribution in [2.24, 2.45) is 12.8 Å². The summed E-state index contributed by atoms with van der Waals surface area (Å²) in [5.41, 5.74) is 9.90. The molecule has 0 spiro atoms. The Morgan fingerprint density at radius 1 is 1.28 bits per heavy atom. The zero-order chi connectivity index (χ0) is 13.3. The molecule has 0 unspecified atom stereocenters. The lowest BCUT2D eigenvalue weighted by molar-refractivity contribution is 0.423. The van der Waals surface area contributed by atoms with E-state index in [1.165, 1.54) is 5.56 Å². The highest BCUT2D eigenvalue weighted by Crippen LogP contribution is 2.29. The van der Waals surface area contributed by atoms with Gasteiger partial charge in [0.15, 0.2) is 0 Å². The van der Waals surface area contributed by atoms with Gasteiger partial charge in [0.2, 0.25) is 5.88 Å². The van der Waals surface area contributed by atoms with Crippen LogP contribution < -0.4 is 10.5 Å². The molecule has 0 aliphatic rings. The van der Waals surface area contributed by atoms with E-state index >= 15 is 0 Å². The Balaban J connectivity index is 2.42. The molecule has 18 heavy (non-hydrogen) atoms. The fourth-order valence-electron chi connectivity index (χ4n) is 1.96. The summed E-state index contributed by atoms with van der Waals surface area (Å²) in [5.74, 6) is 1.58. The van der Waals surface area contributed by atoms with Crippen LogP contribution in [0.3, 0.4) is 0 Å².